The topological polar surface area (TPSA) is 75.5 Å². The van der Waals surface area contributed by atoms with Crippen LogP contribution in [0.15, 0.2) is 12.1 Å². The first-order chi connectivity index (χ1) is 10.8. The lowest BCUT2D eigenvalue weighted by atomic mass is 10.0. The lowest BCUT2D eigenvalue weighted by molar-refractivity contribution is -0.384. The average Bonchev–Trinajstić information content (AvgIpc) is 2.52. The summed E-state index contributed by atoms with van der Waals surface area (Å²) in [6.45, 7) is 0.892. The first-order valence-corrected chi connectivity index (χ1v) is 7.12. The van der Waals surface area contributed by atoms with Crippen molar-refractivity contribution in [2.45, 2.75) is 25.4 Å². The molecule has 0 atom stereocenters. The van der Waals surface area contributed by atoms with Crippen LogP contribution in [-0.4, -0.2) is 35.9 Å². The summed E-state index contributed by atoms with van der Waals surface area (Å²) < 4.78 is 39.5. The number of likely N-dealkylation sites (tertiary alicyclic amines) is 1. The Balaban J connectivity index is 2.54. The van der Waals surface area contributed by atoms with E-state index in [4.69, 9.17) is 0 Å². The third kappa shape index (κ3) is 3.54. The molecule has 126 valence electrons. The first kappa shape index (κ1) is 17.0. The summed E-state index contributed by atoms with van der Waals surface area (Å²) in [7, 11) is 1.17. The maximum Gasteiger partial charge on any atom is 0.418 e. The second-order valence-corrected chi connectivity index (χ2v) is 5.28. The fraction of sp³-hybridized carbons (Fsp3) is 0.500. The monoisotopic (exact) mass is 331 g/mol. The molecule has 1 saturated heterocycles. The number of nitro groups is 1. The van der Waals surface area contributed by atoms with Crippen LogP contribution in [0.25, 0.3) is 0 Å². The van der Waals surface area contributed by atoms with E-state index in [2.05, 4.69) is 5.32 Å². The highest BCUT2D eigenvalue weighted by Gasteiger charge is 2.38. The number of hydrogen-bond donors (Lipinski definition) is 1. The van der Waals surface area contributed by atoms with Crippen LogP contribution in [0.1, 0.15) is 35.2 Å². The number of carbonyl (C=O) groups is 1. The van der Waals surface area contributed by atoms with Crippen molar-refractivity contribution in [3.63, 3.8) is 0 Å². The summed E-state index contributed by atoms with van der Waals surface area (Å²) in [5.74, 6) is -0.610. The van der Waals surface area contributed by atoms with Gasteiger partial charge in [0.15, 0.2) is 0 Å². The minimum atomic E-state index is -4.80. The molecule has 1 N–H and O–H groups in total. The Labute approximate surface area is 130 Å². The highest BCUT2D eigenvalue weighted by molar-refractivity contribution is 5.96. The van der Waals surface area contributed by atoms with E-state index in [1.807, 2.05) is 0 Å². The Hall–Kier alpha value is -2.32. The molecule has 1 aromatic rings. The van der Waals surface area contributed by atoms with E-state index >= 15 is 0 Å². The number of alkyl halides is 3. The lowest BCUT2D eigenvalue weighted by Gasteiger charge is -2.27. The zero-order valence-electron chi connectivity index (χ0n) is 12.4. The van der Waals surface area contributed by atoms with Crippen LogP contribution in [0.4, 0.5) is 24.5 Å². The number of carbonyl (C=O) groups excluding carboxylic acids is 1. The molecule has 9 heteroatoms. The Morgan fingerprint density at radius 3 is 2.35 bits per heavy atom. The van der Waals surface area contributed by atoms with Crippen LogP contribution in [0.2, 0.25) is 0 Å². The van der Waals surface area contributed by atoms with Gasteiger partial charge in [0.2, 0.25) is 0 Å². The third-order valence-corrected chi connectivity index (χ3v) is 3.76. The molecule has 1 aliphatic rings. The van der Waals surface area contributed by atoms with Crippen LogP contribution in [0, 0.1) is 10.1 Å². The quantitative estimate of drug-likeness (QED) is 0.681. The van der Waals surface area contributed by atoms with Crippen molar-refractivity contribution in [3.05, 3.63) is 33.4 Å². The van der Waals surface area contributed by atoms with Gasteiger partial charge in [0.1, 0.15) is 5.69 Å². The largest absolute Gasteiger partial charge is 0.418 e. The molecule has 2 rings (SSSR count). The number of rotatable bonds is 3. The zero-order valence-corrected chi connectivity index (χ0v) is 12.4. The van der Waals surface area contributed by atoms with Crippen molar-refractivity contribution in [1.29, 1.82) is 0 Å². The summed E-state index contributed by atoms with van der Waals surface area (Å²) in [5, 5.41) is 13.3. The number of halogens is 3. The van der Waals surface area contributed by atoms with E-state index in [-0.39, 0.29) is 5.56 Å². The molecule has 0 saturated carbocycles. The summed E-state index contributed by atoms with van der Waals surface area (Å²) in [6, 6.07) is 1.58. The van der Waals surface area contributed by atoms with Crippen LogP contribution in [0.5, 0.6) is 0 Å². The van der Waals surface area contributed by atoms with Crippen molar-refractivity contribution in [2.75, 3.05) is 25.5 Å². The van der Waals surface area contributed by atoms with Crippen molar-refractivity contribution >= 4 is 17.3 Å². The normalized spacial score (nSPS) is 15.4. The molecular formula is C14H16F3N3O3. The fourth-order valence-corrected chi connectivity index (χ4v) is 2.66. The van der Waals surface area contributed by atoms with E-state index in [9.17, 15) is 28.1 Å². The Bertz CT molecular complexity index is 626. The van der Waals surface area contributed by atoms with Gasteiger partial charge in [0, 0.05) is 31.8 Å². The van der Waals surface area contributed by atoms with Gasteiger partial charge in [-0.25, -0.2) is 0 Å². The SMILES string of the molecule is CNc1c([N+](=O)[O-])cc(C(=O)N2CCCCC2)cc1C(F)(F)F. The predicted molar refractivity (Wildman–Crippen MR) is 77.4 cm³/mol. The van der Waals surface area contributed by atoms with Gasteiger partial charge in [-0.1, -0.05) is 0 Å². The van der Waals surface area contributed by atoms with Gasteiger partial charge < -0.3 is 10.2 Å². The highest BCUT2D eigenvalue weighted by atomic mass is 19.4. The molecule has 1 aliphatic heterocycles. The maximum absolute atomic E-state index is 13.2. The van der Waals surface area contributed by atoms with Crippen molar-refractivity contribution in [3.8, 4) is 0 Å². The number of hydrogen-bond acceptors (Lipinski definition) is 4. The molecule has 0 spiro atoms. The highest BCUT2D eigenvalue weighted by Crippen LogP contribution is 2.40. The first-order valence-electron chi connectivity index (χ1n) is 7.12. The van der Waals surface area contributed by atoms with Gasteiger partial charge in [-0.15, -0.1) is 0 Å². The van der Waals surface area contributed by atoms with E-state index in [0.717, 1.165) is 25.3 Å². The van der Waals surface area contributed by atoms with Crippen molar-refractivity contribution in [2.24, 2.45) is 0 Å². The summed E-state index contributed by atoms with van der Waals surface area (Å²) in [6.07, 6.45) is -2.30. The zero-order chi connectivity index (χ0) is 17.2. The molecule has 23 heavy (non-hydrogen) atoms. The molecule has 6 nitrogen and oxygen atoms in total. The van der Waals surface area contributed by atoms with E-state index in [0.29, 0.717) is 19.2 Å². The number of benzene rings is 1. The number of amides is 1. The second kappa shape index (κ2) is 6.43. The number of piperidine rings is 1. The van der Waals surface area contributed by atoms with Gasteiger partial charge in [-0.2, -0.15) is 13.2 Å². The maximum atomic E-state index is 13.2. The molecule has 1 fully saturated rings. The minimum Gasteiger partial charge on any atom is -0.382 e. The molecule has 0 aromatic heterocycles. The number of nitrogens with one attached hydrogen (secondary N) is 1. The molecular weight excluding hydrogens is 315 g/mol. The molecule has 0 unspecified atom stereocenters. The molecule has 0 aliphatic carbocycles. The number of nitrogens with zero attached hydrogens (tertiary/aromatic N) is 2. The Morgan fingerprint density at radius 1 is 1.26 bits per heavy atom. The van der Waals surface area contributed by atoms with Crippen LogP contribution in [-0.2, 0) is 6.18 Å². The lowest BCUT2D eigenvalue weighted by Crippen LogP contribution is -2.35. The standard InChI is InChI=1S/C14H16F3N3O3/c1-18-12-10(14(15,16)17)7-9(8-11(12)20(22)23)13(21)19-5-3-2-4-6-19/h7-8,18H,2-6H2,1H3. The third-order valence-electron chi connectivity index (χ3n) is 3.76. The van der Waals surface area contributed by atoms with Gasteiger partial charge in [0.25, 0.3) is 11.6 Å². The van der Waals surface area contributed by atoms with E-state index in [1.54, 1.807) is 0 Å². The summed E-state index contributed by atoms with van der Waals surface area (Å²) in [4.78, 5) is 24.0. The second-order valence-electron chi connectivity index (χ2n) is 5.28. The smallest absolute Gasteiger partial charge is 0.382 e. The van der Waals surface area contributed by atoms with E-state index in [1.165, 1.54) is 11.9 Å². The van der Waals surface area contributed by atoms with Crippen molar-refractivity contribution in [1.82, 2.24) is 4.90 Å². The van der Waals surface area contributed by atoms with Crippen LogP contribution >= 0.6 is 0 Å². The van der Waals surface area contributed by atoms with Gasteiger partial charge in [0.05, 0.1) is 10.5 Å². The van der Waals surface area contributed by atoms with Gasteiger partial charge in [-0.3, -0.25) is 14.9 Å². The van der Waals surface area contributed by atoms with Gasteiger partial charge >= 0.3 is 6.18 Å². The molecule has 1 heterocycles. The minimum absolute atomic E-state index is 0.315. The summed E-state index contributed by atoms with van der Waals surface area (Å²) in [5.41, 5.74) is -2.93. The average molecular weight is 331 g/mol. The van der Waals surface area contributed by atoms with Gasteiger partial charge in [-0.05, 0) is 25.3 Å². The Kier molecular flexibility index (Phi) is 4.76. The number of nitro benzene ring substituents is 1. The van der Waals surface area contributed by atoms with Crippen molar-refractivity contribution < 1.29 is 22.9 Å². The van der Waals surface area contributed by atoms with Crippen LogP contribution < -0.4 is 5.32 Å². The predicted octanol–water partition coefficient (Wildman–Crippen LogP) is 3.28. The molecule has 1 aromatic carbocycles. The molecule has 1 amide bonds. The molecule has 0 bridgehead atoms. The number of anilines is 1. The Morgan fingerprint density at radius 2 is 1.87 bits per heavy atom. The fourth-order valence-electron chi connectivity index (χ4n) is 2.66. The summed E-state index contributed by atoms with van der Waals surface area (Å²) >= 11 is 0. The van der Waals surface area contributed by atoms with E-state index < -0.39 is 33.9 Å². The molecule has 0 radical (unpaired) electrons. The van der Waals surface area contributed by atoms with Crippen LogP contribution in [0.3, 0.4) is 0 Å².